The fraction of sp³-hybridized carbons (Fsp3) is 0.467. The van der Waals surface area contributed by atoms with Gasteiger partial charge < -0.3 is 5.32 Å². The van der Waals surface area contributed by atoms with Gasteiger partial charge in [-0.1, -0.05) is 38.1 Å². The molecule has 2 heteroatoms. The highest BCUT2D eigenvalue weighted by Gasteiger charge is 1.97. The molecule has 0 atom stereocenters. The molecule has 0 heterocycles. The Labute approximate surface area is 110 Å². The van der Waals surface area contributed by atoms with E-state index in [1.165, 1.54) is 10.5 Å². The van der Waals surface area contributed by atoms with E-state index in [1.54, 1.807) is 0 Å². The van der Waals surface area contributed by atoms with E-state index >= 15 is 0 Å². The van der Waals surface area contributed by atoms with Crippen molar-refractivity contribution in [2.45, 2.75) is 32.2 Å². The van der Waals surface area contributed by atoms with Gasteiger partial charge in [0.05, 0.1) is 0 Å². The molecule has 1 aromatic rings. The Balaban J connectivity index is 2.42. The Hall–Kier alpha value is -0.730. The first-order valence-corrected chi connectivity index (χ1v) is 7.24. The number of nitrogens with one attached hydrogen (secondary N) is 1. The van der Waals surface area contributed by atoms with E-state index < -0.39 is 0 Å². The van der Waals surface area contributed by atoms with Crippen molar-refractivity contribution in [3.8, 4) is 0 Å². The first-order chi connectivity index (χ1) is 8.22. The van der Waals surface area contributed by atoms with Crippen molar-refractivity contribution in [2.75, 3.05) is 12.3 Å². The molecule has 0 aliphatic heterocycles. The number of hydrogen-bond donors (Lipinski definition) is 1. The highest BCUT2D eigenvalue weighted by molar-refractivity contribution is 7.99. The molecule has 0 saturated carbocycles. The molecule has 94 valence electrons. The van der Waals surface area contributed by atoms with Gasteiger partial charge in [0.2, 0.25) is 0 Å². The summed E-state index contributed by atoms with van der Waals surface area (Å²) >= 11 is 1.88. The SMILES string of the molecule is CC=CCSc1cccc(CNCC(C)C)c1. The zero-order chi connectivity index (χ0) is 12.5. The molecule has 1 rings (SSSR count). The summed E-state index contributed by atoms with van der Waals surface area (Å²) in [6.45, 7) is 8.58. The third kappa shape index (κ3) is 6.54. The summed E-state index contributed by atoms with van der Waals surface area (Å²) in [5, 5.41) is 3.47. The number of rotatable bonds is 7. The Morgan fingerprint density at radius 3 is 2.88 bits per heavy atom. The van der Waals surface area contributed by atoms with Crippen LogP contribution in [0.2, 0.25) is 0 Å². The van der Waals surface area contributed by atoms with Crippen LogP contribution in [0.15, 0.2) is 41.3 Å². The Morgan fingerprint density at radius 1 is 1.35 bits per heavy atom. The molecule has 0 aliphatic rings. The predicted molar refractivity (Wildman–Crippen MR) is 78.5 cm³/mol. The summed E-state index contributed by atoms with van der Waals surface area (Å²) in [6.07, 6.45) is 4.29. The van der Waals surface area contributed by atoms with Crippen molar-refractivity contribution in [1.82, 2.24) is 5.32 Å². The molecule has 0 fully saturated rings. The number of thioether (sulfide) groups is 1. The minimum Gasteiger partial charge on any atom is -0.312 e. The topological polar surface area (TPSA) is 12.0 Å². The molecule has 1 N–H and O–H groups in total. The molecule has 0 amide bonds. The summed E-state index contributed by atoms with van der Waals surface area (Å²) in [7, 11) is 0. The van der Waals surface area contributed by atoms with Crippen molar-refractivity contribution < 1.29 is 0 Å². The molecule has 1 aromatic carbocycles. The highest BCUT2D eigenvalue weighted by Crippen LogP contribution is 2.19. The van der Waals surface area contributed by atoms with E-state index in [-0.39, 0.29) is 0 Å². The first kappa shape index (κ1) is 14.3. The molecule has 0 bridgehead atoms. The largest absolute Gasteiger partial charge is 0.312 e. The van der Waals surface area contributed by atoms with Gasteiger partial charge in [0, 0.05) is 17.2 Å². The Kier molecular flexibility index (Phi) is 7.06. The van der Waals surface area contributed by atoms with Crippen LogP contribution in [0, 0.1) is 5.92 Å². The van der Waals surface area contributed by atoms with E-state index in [2.05, 4.69) is 62.5 Å². The summed E-state index contributed by atoms with van der Waals surface area (Å²) in [5.74, 6) is 1.77. The molecular formula is C15H23NS. The quantitative estimate of drug-likeness (QED) is 0.577. The van der Waals surface area contributed by atoms with Crippen LogP contribution in [0.1, 0.15) is 26.3 Å². The van der Waals surface area contributed by atoms with E-state index in [1.807, 2.05) is 11.8 Å². The lowest BCUT2D eigenvalue weighted by molar-refractivity contribution is 0.552. The van der Waals surface area contributed by atoms with E-state index in [9.17, 15) is 0 Å². The molecule has 0 saturated heterocycles. The van der Waals surface area contributed by atoms with Gasteiger partial charge in [-0.05, 0) is 37.1 Å². The smallest absolute Gasteiger partial charge is 0.0206 e. The van der Waals surface area contributed by atoms with Crippen LogP contribution in [0.5, 0.6) is 0 Å². The summed E-state index contributed by atoms with van der Waals surface area (Å²) in [6, 6.07) is 8.79. The van der Waals surface area contributed by atoms with Crippen LogP contribution in [0.25, 0.3) is 0 Å². The lowest BCUT2D eigenvalue weighted by Gasteiger charge is -2.08. The molecule has 1 nitrogen and oxygen atoms in total. The minimum atomic E-state index is 0.710. The molecule has 0 aliphatic carbocycles. The van der Waals surface area contributed by atoms with Gasteiger partial charge in [-0.2, -0.15) is 0 Å². The predicted octanol–water partition coefficient (Wildman–Crippen LogP) is 4.10. The number of benzene rings is 1. The number of hydrogen-bond acceptors (Lipinski definition) is 2. The van der Waals surface area contributed by atoms with Gasteiger partial charge in [0.25, 0.3) is 0 Å². The average Bonchev–Trinajstić information content (AvgIpc) is 2.29. The Bertz CT molecular complexity index is 345. The van der Waals surface area contributed by atoms with Crippen LogP contribution in [0.4, 0.5) is 0 Å². The van der Waals surface area contributed by atoms with Crippen molar-refractivity contribution in [3.05, 3.63) is 42.0 Å². The fourth-order valence-corrected chi connectivity index (χ4v) is 2.38. The van der Waals surface area contributed by atoms with Gasteiger partial charge in [-0.15, -0.1) is 11.8 Å². The van der Waals surface area contributed by atoms with Crippen LogP contribution < -0.4 is 5.32 Å². The molecular weight excluding hydrogens is 226 g/mol. The van der Waals surface area contributed by atoms with Crippen LogP contribution in [-0.4, -0.2) is 12.3 Å². The zero-order valence-electron chi connectivity index (χ0n) is 11.1. The van der Waals surface area contributed by atoms with Crippen LogP contribution >= 0.6 is 11.8 Å². The monoisotopic (exact) mass is 249 g/mol. The molecule has 0 spiro atoms. The molecule has 0 radical (unpaired) electrons. The standard InChI is InChI=1S/C15H23NS/c1-4-5-9-17-15-8-6-7-14(10-15)12-16-11-13(2)3/h4-8,10,13,16H,9,11-12H2,1-3H3. The highest BCUT2D eigenvalue weighted by atomic mass is 32.2. The third-order valence-electron chi connectivity index (χ3n) is 2.36. The van der Waals surface area contributed by atoms with Gasteiger partial charge in [0.1, 0.15) is 0 Å². The average molecular weight is 249 g/mol. The van der Waals surface area contributed by atoms with Crippen LogP contribution in [-0.2, 0) is 6.54 Å². The van der Waals surface area contributed by atoms with E-state index in [0.717, 1.165) is 18.8 Å². The second-order valence-corrected chi connectivity index (χ2v) is 5.65. The van der Waals surface area contributed by atoms with E-state index in [0.29, 0.717) is 5.92 Å². The van der Waals surface area contributed by atoms with Gasteiger partial charge in [-0.25, -0.2) is 0 Å². The van der Waals surface area contributed by atoms with Gasteiger partial charge >= 0.3 is 0 Å². The van der Waals surface area contributed by atoms with Crippen molar-refractivity contribution in [1.29, 1.82) is 0 Å². The van der Waals surface area contributed by atoms with Crippen molar-refractivity contribution in [2.24, 2.45) is 5.92 Å². The maximum atomic E-state index is 3.47. The second-order valence-electron chi connectivity index (χ2n) is 4.55. The van der Waals surface area contributed by atoms with E-state index in [4.69, 9.17) is 0 Å². The maximum Gasteiger partial charge on any atom is 0.0206 e. The third-order valence-corrected chi connectivity index (χ3v) is 3.31. The summed E-state index contributed by atoms with van der Waals surface area (Å²) in [5.41, 5.74) is 1.37. The van der Waals surface area contributed by atoms with Crippen molar-refractivity contribution >= 4 is 11.8 Å². The molecule has 0 aromatic heterocycles. The maximum absolute atomic E-state index is 3.47. The first-order valence-electron chi connectivity index (χ1n) is 6.26. The van der Waals surface area contributed by atoms with Crippen LogP contribution in [0.3, 0.4) is 0 Å². The zero-order valence-corrected chi connectivity index (χ0v) is 11.9. The second kappa shape index (κ2) is 8.37. The van der Waals surface area contributed by atoms with Gasteiger partial charge in [-0.3, -0.25) is 0 Å². The summed E-state index contributed by atoms with van der Waals surface area (Å²) in [4.78, 5) is 1.35. The molecule has 0 unspecified atom stereocenters. The summed E-state index contributed by atoms with van der Waals surface area (Å²) < 4.78 is 0. The lowest BCUT2D eigenvalue weighted by atomic mass is 10.2. The van der Waals surface area contributed by atoms with Crippen molar-refractivity contribution in [3.63, 3.8) is 0 Å². The van der Waals surface area contributed by atoms with Gasteiger partial charge in [0.15, 0.2) is 0 Å². The molecule has 17 heavy (non-hydrogen) atoms. The fourth-order valence-electron chi connectivity index (χ4n) is 1.49. The Morgan fingerprint density at radius 2 is 2.18 bits per heavy atom. The lowest BCUT2D eigenvalue weighted by Crippen LogP contribution is -2.18. The normalized spacial score (nSPS) is 11.5. The number of allylic oxidation sites excluding steroid dienone is 1. The minimum absolute atomic E-state index is 0.710.